The summed E-state index contributed by atoms with van der Waals surface area (Å²) in [6, 6.07) is 1.50. The van der Waals surface area contributed by atoms with Crippen molar-refractivity contribution in [2.45, 2.75) is 31.8 Å². The van der Waals surface area contributed by atoms with E-state index in [4.69, 9.17) is 0 Å². The largest absolute Gasteiger partial charge is 0.312 e. The van der Waals surface area contributed by atoms with Crippen LogP contribution in [0.2, 0.25) is 0 Å². The fourth-order valence-corrected chi connectivity index (χ4v) is 1.79. The first-order valence-electron chi connectivity index (χ1n) is 4.15. The topological polar surface area (TPSA) is 15.3 Å². The molecule has 1 fully saturated rings. The Kier molecular flexibility index (Phi) is 2.69. The van der Waals surface area contributed by atoms with Gasteiger partial charge < -0.3 is 10.2 Å². The number of rotatable bonds is 2. The molecule has 0 saturated carbocycles. The molecule has 0 radical (unpaired) electrons. The van der Waals surface area contributed by atoms with Gasteiger partial charge in [0, 0.05) is 12.1 Å². The molecule has 2 unspecified atom stereocenters. The van der Waals surface area contributed by atoms with Crippen LogP contribution < -0.4 is 5.32 Å². The Morgan fingerprint density at radius 2 is 2.20 bits per heavy atom. The highest BCUT2D eigenvalue weighted by molar-refractivity contribution is 4.87. The van der Waals surface area contributed by atoms with Gasteiger partial charge in [-0.15, -0.1) is 0 Å². The van der Waals surface area contributed by atoms with E-state index >= 15 is 0 Å². The normalized spacial score (nSPS) is 33.6. The molecule has 1 aliphatic heterocycles. The van der Waals surface area contributed by atoms with Crippen LogP contribution in [-0.4, -0.2) is 37.6 Å². The van der Waals surface area contributed by atoms with Gasteiger partial charge in [-0.3, -0.25) is 0 Å². The van der Waals surface area contributed by atoms with Crippen LogP contribution in [0.25, 0.3) is 0 Å². The van der Waals surface area contributed by atoms with E-state index in [0.29, 0.717) is 0 Å². The number of nitrogens with one attached hydrogen (secondary N) is 1. The Bertz CT molecular complexity index is 101. The Morgan fingerprint density at radius 3 is 2.60 bits per heavy atom. The van der Waals surface area contributed by atoms with Crippen LogP contribution in [0.5, 0.6) is 0 Å². The second kappa shape index (κ2) is 3.35. The van der Waals surface area contributed by atoms with Crippen molar-refractivity contribution in [1.82, 2.24) is 10.2 Å². The van der Waals surface area contributed by atoms with E-state index in [2.05, 4.69) is 31.2 Å². The second-order valence-corrected chi connectivity index (χ2v) is 3.29. The molecule has 0 bridgehead atoms. The van der Waals surface area contributed by atoms with Crippen LogP contribution in [-0.2, 0) is 0 Å². The summed E-state index contributed by atoms with van der Waals surface area (Å²) in [7, 11) is 4.33. The summed E-state index contributed by atoms with van der Waals surface area (Å²) in [5, 5.41) is 3.50. The van der Waals surface area contributed by atoms with Crippen molar-refractivity contribution < 1.29 is 0 Å². The maximum Gasteiger partial charge on any atom is 0.0255 e. The van der Waals surface area contributed by atoms with Gasteiger partial charge in [0.1, 0.15) is 0 Å². The molecule has 1 aliphatic rings. The molecule has 1 saturated heterocycles. The predicted molar refractivity (Wildman–Crippen MR) is 44.2 cm³/mol. The summed E-state index contributed by atoms with van der Waals surface area (Å²) >= 11 is 0. The van der Waals surface area contributed by atoms with Crippen LogP contribution in [0.4, 0.5) is 0 Å². The molecular weight excluding hydrogens is 124 g/mol. The molecule has 2 nitrogen and oxygen atoms in total. The van der Waals surface area contributed by atoms with Crippen molar-refractivity contribution >= 4 is 0 Å². The third-order valence-corrected chi connectivity index (χ3v) is 2.41. The summed E-state index contributed by atoms with van der Waals surface area (Å²) in [5.74, 6) is 0. The molecule has 1 heterocycles. The fraction of sp³-hybridized carbons (Fsp3) is 1.00. The molecule has 0 aromatic heterocycles. The highest BCUT2D eigenvalue weighted by Crippen LogP contribution is 2.13. The Hall–Kier alpha value is -0.0800. The first-order valence-corrected chi connectivity index (χ1v) is 4.15. The lowest BCUT2D eigenvalue weighted by atomic mass is 10.1. The van der Waals surface area contributed by atoms with Crippen LogP contribution >= 0.6 is 0 Å². The van der Waals surface area contributed by atoms with Crippen molar-refractivity contribution in [2.75, 3.05) is 20.6 Å². The van der Waals surface area contributed by atoms with E-state index < -0.39 is 0 Å². The van der Waals surface area contributed by atoms with Crippen molar-refractivity contribution in [3.63, 3.8) is 0 Å². The molecule has 0 aromatic carbocycles. The van der Waals surface area contributed by atoms with Crippen molar-refractivity contribution in [3.8, 4) is 0 Å². The molecule has 0 amide bonds. The Labute approximate surface area is 63.6 Å². The average Bonchev–Trinajstić information content (AvgIpc) is 2.33. The first-order chi connectivity index (χ1) is 4.75. The van der Waals surface area contributed by atoms with Gasteiger partial charge in [0.25, 0.3) is 0 Å². The van der Waals surface area contributed by atoms with Crippen LogP contribution in [0.1, 0.15) is 19.8 Å². The zero-order chi connectivity index (χ0) is 7.56. The van der Waals surface area contributed by atoms with E-state index in [1.807, 2.05) is 0 Å². The lowest BCUT2D eigenvalue weighted by molar-refractivity contribution is 0.265. The van der Waals surface area contributed by atoms with E-state index in [1.54, 1.807) is 0 Å². The molecular formula is C8H18N2. The molecule has 2 atom stereocenters. The minimum Gasteiger partial charge on any atom is -0.312 e. The molecule has 1 rings (SSSR count). The zero-order valence-corrected chi connectivity index (χ0v) is 7.22. The number of nitrogens with zero attached hydrogens (tertiary/aromatic N) is 1. The third kappa shape index (κ3) is 1.50. The van der Waals surface area contributed by atoms with Crippen LogP contribution in [0, 0.1) is 0 Å². The first kappa shape index (κ1) is 8.02. The molecule has 0 aliphatic carbocycles. The van der Waals surface area contributed by atoms with E-state index in [-0.39, 0.29) is 0 Å². The maximum absolute atomic E-state index is 3.50. The van der Waals surface area contributed by atoms with Gasteiger partial charge in [-0.2, -0.15) is 0 Å². The van der Waals surface area contributed by atoms with Gasteiger partial charge in [-0.25, -0.2) is 0 Å². The van der Waals surface area contributed by atoms with E-state index in [9.17, 15) is 0 Å². The summed E-state index contributed by atoms with van der Waals surface area (Å²) < 4.78 is 0. The van der Waals surface area contributed by atoms with Gasteiger partial charge in [0.05, 0.1) is 0 Å². The predicted octanol–water partition coefficient (Wildman–Crippen LogP) is 0.688. The lowest BCUT2D eigenvalue weighted by Gasteiger charge is -2.24. The highest BCUT2D eigenvalue weighted by atomic mass is 15.2. The van der Waals surface area contributed by atoms with Crippen molar-refractivity contribution in [3.05, 3.63) is 0 Å². The van der Waals surface area contributed by atoms with Crippen molar-refractivity contribution in [1.29, 1.82) is 0 Å². The highest BCUT2D eigenvalue weighted by Gasteiger charge is 2.26. The SMILES string of the molecule is CCC1NCCC1N(C)C. The van der Waals surface area contributed by atoms with Crippen LogP contribution in [0.15, 0.2) is 0 Å². The summed E-state index contributed by atoms with van der Waals surface area (Å²) in [6.07, 6.45) is 2.56. The Morgan fingerprint density at radius 1 is 1.50 bits per heavy atom. The summed E-state index contributed by atoms with van der Waals surface area (Å²) in [5.41, 5.74) is 0. The minimum absolute atomic E-state index is 0.731. The van der Waals surface area contributed by atoms with E-state index in [0.717, 1.165) is 12.1 Å². The minimum atomic E-state index is 0.731. The molecule has 60 valence electrons. The lowest BCUT2D eigenvalue weighted by Crippen LogP contribution is -2.39. The number of hydrogen-bond acceptors (Lipinski definition) is 2. The van der Waals surface area contributed by atoms with Gasteiger partial charge in [-0.05, 0) is 33.5 Å². The van der Waals surface area contributed by atoms with Crippen molar-refractivity contribution in [2.24, 2.45) is 0 Å². The monoisotopic (exact) mass is 142 g/mol. The standard InChI is InChI=1S/C8H18N2/c1-4-7-8(10(2)3)5-6-9-7/h7-9H,4-6H2,1-3H3. The van der Waals surface area contributed by atoms with Gasteiger partial charge in [-0.1, -0.05) is 6.92 Å². The molecule has 10 heavy (non-hydrogen) atoms. The average molecular weight is 142 g/mol. The molecule has 2 heteroatoms. The van der Waals surface area contributed by atoms with Gasteiger partial charge >= 0.3 is 0 Å². The number of hydrogen-bond donors (Lipinski definition) is 1. The second-order valence-electron chi connectivity index (χ2n) is 3.29. The Balaban J connectivity index is 2.42. The van der Waals surface area contributed by atoms with Gasteiger partial charge in [0.2, 0.25) is 0 Å². The fourth-order valence-electron chi connectivity index (χ4n) is 1.79. The van der Waals surface area contributed by atoms with E-state index in [1.165, 1.54) is 19.4 Å². The smallest absolute Gasteiger partial charge is 0.0255 e. The quantitative estimate of drug-likeness (QED) is 0.610. The maximum atomic E-state index is 3.50. The molecule has 0 aromatic rings. The molecule has 0 spiro atoms. The zero-order valence-electron chi connectivity index (χ0n) is 7.22. The number of likely N-dealkylation sites (N-methyl/N-ethyl adjacent to an activating group) is 1. The summed E-state index contributed by atoms with van der Waals surface area (Å²) in [6.45, 7) is 3.45. The summed E-state index contributed by atoms with van der Waals surface area (Å²) in [4.78, 5) is 2.33. The molecule has 1 N–H and O–H groups in total. The van der Waals surface area contributed by atoms with Gasteiger partial charge in [0.15, 0.2) is 0 Å². The van der Waals surface area contributed by atoms with Crippen LogP contribution in [0.3, 0.4) is 0 Å². The third-order valence-electron chi connectivity index (χ3n) is 2.41.